The third-order valence-electron chi connectivity index (χ3n) is 5.87. The second-order valence-corrected chi connectivity index (χ2v) is 8.59. The highest BCUT2D eigenvalue weighted by molar-refractivity contribution is 7.10. The number of amides is 1. The van der Waals surface area contributed by atoms with Crippen LogP contribution in [0.15, 0.2) is 41.8 Å². The van der Waals surface area contributed by atoms with E-state index in [0.29, 0.717) is 6.54 Å². The molecule has 1 aromatic heterocycles. The average Bonchev–Trinajstić information content (AvgIpc) is 3.32. The number of benzene rings is 1. The second-order valence-electron chi connectivity index (χ2n) is 7.59. The lowest BCUT2D eigenvalue weighted by atomic mass is 9.97. The molecule has 26 heavy (non-hydrogen) atoms. The number of nitrogens with one attached hydrogen (secondary N) is 1. The summed E-state index contributed by atoms with van der Waals surface area (Å²) >= 11 is 1.86. The molecule has 1 aromatic carbocycles. The highest BCUT2D eigenvalue weighted by Crippen LogP contribution is 2.31. The molecule has 1 fully saturated rings. The number of thiophene rings is 1. The van der Waals surface area contributed by atoms with Crippen molar-refractivity contribution in [2.24, 2.45) is 5.73 Å². The van der Waals surface area contributed by atoms with Gasteiger partial charge in [-0.25, -0.2) is 0 Å². The maximum Gasteiger partial charge on any atom is 0.240 e. The molecule has 1 atom stereocenters. The molecule has 1 saturated carbocycles. The minimum absolute atomic E-state index is 0.0177. The Morgan fingerprint density at radius 1 is 1.23 bits per heavy atom. The molecule has 5 heteroatoms. The number of fused-ring (bicyclic) bond motifs is 1. The summed E-state index contributed by atoms with van der Waals surface area (Å²) in [6.07, 6.45) is 4.80. The zero-order valence-electron chi connectivity index (χ0n) is 15.1. The van der Waals surface area contributed by atoms with E-state index in [-0.39, 0.29) is 11.9 Å². The van der Waals surface area contributed by atoms with Gasteiger partial charge in [-0.1, -0.05) is 43.2 Å². The molecule has 2 aromatic rings. The first-order valence-electron chi connectivity index (χ1n) is 9.57. The molecule has 0 saturated heterocycles. The molecule has 4 rings (SSSR count). The summed E-state index contributed by atoms with van der Waals surface area (Å²) in [5.41, 5.74) is 8.35. The van der Waals surface area contributed by atoms with Crippen molar-refractivity contribution in [2.45, 2.75) is 50.2 Å². The minimum atomic E-state index is -0.663. The van der Waals surface area contributed by atoms with Gasteiger partial charge in [0.25, 0.3) is 0 Å². The predicted molar refractivity (Wildman–Crippen MR) is 106 cm³/mol. The van der Waals surface area contributed by atoms with Gasteiger partial charge in [-0.05, 0) is 41.8 Å². The van der Waals surface area contributed by atoms with Crippen LogP contribution in [0.3, 0.4) is 0 Å². The van der Waals surface area contributed by atoms with Crippen LogP contribution in [0.5, 0.6) is 0 Å². The van der Waals surface area contributed by atoms with E-state index in [1.165, 1.54) is 16.0 Å². The number of carbonyl (C=O) groups excluding carboxylic acids is 1. The maximum absolute atomic E-state index is 12.7. The summed E-state index contributed by atoms with van der Waals surface area (Å²) in [5.74, 6) is 0.0177. The number of nitrogens with two attached hydrogens (primary N) is 1. The third-order valence-corrected chi connectivity index (χ3v) is 6.89. The maximum atomic E-state index is 12.7. The van der Waals surface area contributed by atoms with Crippen LogP contribution in [0.4, 0.5) is 0 Å². The molecule has 138 valence electrons. The van der Waals surface area contributed by atoms with Crippen molar-refractivity contribution in [2.75, 3.05) is 13.1 Å². The zero-order valence-corrected chi connectivity index (χ0v) is 15.9. The van der Waals surface area contributed by atoms with E-state index >= 15 is 0 Å². The highest BCUT2D eigenvalue weighted by Gasteiger charge is 2.37. The van der Waals surface area contributed by atoms with Gasteiger partial charge in [-0.15, -0.1) is 11.3 Å². The lowest BCUT2D eigenvalue weighted by Crippen LogP contribution is -2.53. The minimum Gasteiger partial charge on any atom is -0.353 e. The molecule has 1 unspecified atom stereocenters. The van der Waals surface area contributed by atoms with Gasteiger partial charge in [-0.2, -0.15) is 0 Å². The van der Waals surface area contributed by atoms with Crippen molar-refractivity contribution in [3.8, 4) is 0 Å². The molecular weight excluding hydrogens is 342 g/mol. The van der Waals surface area contributed by atoms with Crippen LogP contribution in [0.25, 0.3) is 0 Å². The summed E-state index contributed by atoms with van der Waals surface area (Å²) in [5, 5.41) is 5.36. The molecule has 0 bridgehead atoms. The van der Waals surface area contributed by atoms with E-state index < -0.39 is 5.54 Å². The van der Waals surface area contributed by atoms with Crippen molar-refractivity contribution in [3.05, 3.63) is 57.8 Å². The molecule has 1 aliphatic carbocycles. The number of carbonyl (C=O) groups is 1. The zero-order chi connectivity index (χ0) is 18.0. The first kappa shape index (κ1) is 17.7. The van der Waals surface area contributed by atoms with Gasteiger partial charge < -0.3 is 11.1 Å². The van der Waals surface area contributed by atoms with Crippen LogP contribution in [-0.2, 0) is 17.8 Å². The lowest BCUT2D eigenvalue weighted by molar-refractivity contribution is -0.126. The largest absolute Gasteiger partial charge is 0.353 e. The van der Waals surface area contributed by atoms with Crippen molar-refractivity contribution < 1.29 is 4.79 Å². The number of rotatable bonds is 5. The smallest absolute Gasteiger partial charge is 0.240 e. The Balaban J connectivity index is 1.50. The van der Waals surface area contributed by atoms with Gasteiger partial charge in [0.15, 0.2) is 0 Å². The average molecular weight is 370 g/mol. The molecule has 4 nitrogen and oxygen atoms in total. The SMILES string of the molecule is NC1(C(=O)NCC(c2ccccc2)N2CCc3sccc3C2)CCCC1. The fourth-order valence-electron chi connectivity index (χ4n) is 4.27. The van der Waals surface area contributed by atoms with Crippen LogP contribution in [0.1, 0.15) is 47.7 Å². The van der Waals surface area contributed by atoms with Crippen LogP contribution in [0, 0.1) is 0 Å². The second kappa shape index (κ2) is 7.51. The van der Waals surface area contributed by atoms with Crippen LogP contribution < -0.4 is 11.1 Å². The Hall–Kier alpha value is -1.69. The van der Waals surface area contributed by atoms with Crippen LogP contribution >= 0.6 is 11.3 Å². The highest BCUT2D eigenvalue weighted by atomic mass is 32.1. The molecule has 2 aliphatic rings. The Morgan fingerprint density at radius 2 is 2.00 bits per heavy atom. The van der Waals surface area contributed by atoms with Gasteiger partial charge in [0.1, 0.15) is 0 Å². The Labute approximate surface area is 159 Å². The normalized spacial score (nSPS) is 20.5. The van der Waals surface area contributed by atoms with Gasteiger partial charge in [0.05, 0.1) is 11.6 Å². The Morgan fingerprint density at radius 3 is 2.77 bits per heavy atom. The quantitative estimate of drug-likeness (QED) is 0.851. The Bertz CT molecular complexity index is 752. The molecule has 0 spiro atoms. The first-order chi connectivity index (χ1) is 12.7. The summed E-state index contributed by atoms with van der Waals surface area (Å²) in [6, 6.07) is 12.9. The van der Waals surface area contributed by atoms with Gasteiger partial charge in [0.2, 0.25) is 5.91 Å². The summed E-state index contributed by atoms with van der Waals surface area (Å²) in [4.78, 5) is 16.7. The third kappa shape index (κ3) is 3.56. The summed E-state index contributed by atoms with van der Waals surface area (Å²) < 4.78 is 0. The monoisotopic (exact) mass is 369 g/mol. The molecular formula is C21H27N3OS. The van der Waals surface area contributed by atoms with E-state index in [1.807, 2.05) is 17.4 Å². The van der Waals surface area contributed by atoms with Crippen LogP contribution in [-0.4, -0.2) is 29.4 Å². The van der Waals surface area contributed by atoms with E-state index in [0.717, 1.165) is 45.2 Å². The van der Waals surface area contributed by atoms with Gasteiger partial charge in [0, 0.05) is 24.5 Å². The number of hydrogen-bond acceptors (Lipinski definition) is 4. The Kier molecular flexibility index (Phi) is 5.11. The topological polar surface area (TPSA) is 58.4 Å². The van der Waals surface area contributed by atoms with E-state index in [4.69, 9.17) is 5.73 Å². The molecule has 1 aliphatic heterocycles. The fraction of sp³-hybridized carbons (Fsp3) is 0.476. The van der Waals surface area contributed by atoms with Gasteiger partial charge >= 0.3 is 0 Å². The summed E-state index contributed by atoms with van der Waals surface area (Å²) in [7, 11) is 0. The van der Waals surface area contributed by atoms with Crippen molar-refractivity contribution in [1.82, 2.24) is 10.2 Å². The molecule has 1 amide bonds. The van der Waals surface area contributed by atoms with E-state index in [9.17, 15) is 4.79 Å². The molecule has 3 N–H and O–H groups in total. The lowest BCUT2D eigenvalue weighted by Gasteiger charge is -2.35. The molecule has 0 radical (unpaired) electrons. The molecule has 2 heterocycles. The van der Waals surface area contributed by atoms with E-state index in [2.05, 4.69) is 45.9 Å². The predicted octanol–water partition coefficient (Wildman–Crippen LogP) is 3.24. The van der Waals surface area contributed by atoms with Crippen molar-refractivity contribution in [1.29, 1.82) is 0 Å². The fourth-order valence-corrected chi connectivity index (χ4v) is 5.16. The first-order valence-corrected chi connectivity index (χ1v) is 10.5. The van der Waals surface area contributed by atoms with Crippen LogP contribution in [0.2, 0.25) is 0 Å². The van der Waals surface area contributed by atoms with Gasteiger partial charge in [-0.3, -0.25) is 9.69 Å². The van der Waals surface area contributed by atoms with Crippen molar-refractivity contribution >= 4 is 17.2 Å². The summed E-state index contributed by atoms with van der Waals surface area (Å²) in [6.45, 7) is 2.58. The number of hydrogen-bond donors (Lipinski definition) is 2. The van der Waals surface area contributed by atoms with Crippen molar-refractivity contribution in [3.63, 3.8) is 0 Å². The number of nitrogens with zero attached hydrogens (tertiary/aromatic N) is 1. The standard InChI is InChI=1S/C21H27N3OS/c22-21(10-4-5-11-21)20(25)23-14-18(16-6-2-1-3-7-16)24-12-8-19-17(15-24)9-13-26-19/h1-3,6-7,9,13,18H,4-5,8,10-12,14-15,22H2,(H,23,25). The van der Waals surface area contributed by atoms with E-state index in [1.54, 1.807) is 0 Å².